The quantitative estimate of drug-likeness (QED) is 0.651. The molecule has 1 amide bonds. The van der Waals surface area contributed by atoms with Crippen LogP contribution in [0.2, 0.25) is 0 Å². The van der Waals surface area contributed by atoms with Crippen LogP contribution in [0.5, 0.6) is 0 Å². The Morgan fingerprint density at radius 1 is 1.40 bits per heavy atom. The van der Waals surface area contributed by atoms with E-state index in [0.29, 0.717) is 19.5 Å². The maximum absolute atomic E-state index is 11.6. The number of hydrogen-bond donors (Lipinski definition) is 0. The average molecular weight is 234 g/mol. The summed E-state index contributed by atoms with van der Waals surface area (Å²) >= 11 is 5.37. The molecule has 86 valence electrons. The molecule has 0 aromatic rings. The lowest BCUT2D eigenvalue weighted by molar-refractivity contribution is -0.114. The van der Waals surface area contributed by atoms with Crippen molar-refractivity contribution in [3.05, 3.63) is 0 Å². The maximum Gasteiger partial charge on any atom is 0.410 e. The van der Waals surface area contributed by atoms with Crippen molar-refractivity contribution in [2.75, 3.05) is 13.1 Å². The molecule has 1 heterocycles. The molecule has 1 rings (SSSR count). The second-order valence-electron chi connectivity index (χ2n) is 4.72. The van der Waals surface area contributed by atoms with Gasteiger partial charge in [-0.15, -0.1) is 0 Å². The first-order chi connectivity index (χ1) is 6.79. The van der Waals surface area contributed by atoms with Crippen molar-refractivity contribution in [3.8, 4) is 0 Å². The SMILES string of the molecule is CC(C)(C)OC(=O)N1CC[C@@H](C(=O)Cl)C1. The van der Waals surface area contributed by atoms with Crippen LogP contribution in [0.4, 0.5) is 4.79 Å². The summed E-state index contributed by atoms with van der Waals surface area (Å²) in [4.78, 5) is 24.0. The van der Waals surface area contributed by atoms with Gasteiger partial charge >= 0.3 is 6.09 Å². The molecule has 15 heavy (non-hydrogen) atoms. The van der Waals surface area contributed by atoms with Crippen LogP contribution in [0.25, 0.3) is 0 Å². The Balaban J connectivity index is 2.47. The van der Waals surface area contributed by atoms with Crippen LogP contribution in [0.15, 0.2) is 0 Å². The van der Waals surface area contributed by atoms with Gasteiger partial charge in [-0.05, 0) is 38.8 Å². The van der Waals surface area contributed by atoms with Crippen LogP contribution in [0.3, 0.4) is 0 Å². The molecule has 0 aromatic carbocycles. The van der Waals surface area contributed by atoms with E-state index in [1.54, 1.807) is 0 Å². The molecule has 0 saturated carbocycles. The third-order valence-electron chi connectivity index (χ3n) is 2.16. The van der Waals surface area contributed by atoms with Gasteiger partial charge in [-0.25, -0.2) is 4.79 Å². The molecule has 5 heteroatoms. The summed E-state index contributed by atoms with van der Waals surface area (Å²) in [6, 6.07) is 0. The standard InChI is InChI=1S/C10H16ClNO3/c1-10(2,3)15-9(14)12-5-4-7(6-12)8(11)13/h7H,4-6H2,1-3H3/t7-/m1/s1. The average Bonchev–Trinajstić information content (AvgIpc) is 2.47. The molecule has 1 aliphatic rings. The third kappa shape index (κ3) is 3.70. The Labute approximate surface area is 94.5 Å². The molecule has 0 bridgehead atoms. The molecule has 1 fully saturated rings. The number of ether oxygens (including phenoxy) is 1. The summed E-state index contributed by atoms with van der Waals surface area (Å²) in [5.41, 5.74) is -0.500. The van der Waals surface area contributed by atoms with Crippen LogP contribution in [0, 0.1) is 5.92 Å². The van der Waals surface area contributed by atoms with Crippen LogP contribution in [-0.4, -0.2) is 34.9 Å². The van der Waals surface area contributed by atoms with Crippen molar-refractivity contribution < 1.29 is 14.3 Å². The zero-order chi connectivity index (χ0) is 11.6. The van der Waals surface area contributed by atoms with Gasteiger partial charge in [0.1, 0.15) is 5.60 Å². The monoisotopic (exact) mass is 233 g/mol. The number of rotatable bonds is 1. The van der Waals surface area contributed by atoms with Gasteiger partial charge in [0.2, 0.25) is 5.24 Å². The van der Waals surface area contributed by atoms with Gasteiger partial charge in [-0.1, -0.05) is 0 Å². The summed E-state index contributed by atoms with van der Waals surface area (Å²) < 4.78 is 5.18. The summed E-state index contributed by atoms with van der Waals surface area (Å²) in [6.45, 7) is 6.34. The molecule has 1 atom stereocenters. The summed E-state index contributed by atoms with van der Waals surface area (Å²) in [7, 11) is 0. The Morgan fingerprint density at radius 2 is 2.00 bits per heavy atom. The molecule has 0 aliphatic carbocycles. The molecular formula is C10H16ClNO3. The number of carbonyl (C=O) groups excluding carboxylic acids is 2. The number of halogens is 1. The highest BCUT2D eigenvalue weighted by Gasteiger charge is 2.32. The van der Waals surface area contributed by atoms with Gasteiger partial charge in [-0.2, -0.15) is 0 Å². The van der Waals surface area contributed by atoms with Gasteiger partial charge in [0.15, 0.2) is 0 Å². The zero-order valence-corrected chi connectivity index (χ0v) is 10.0. The summed E-state index contributed by atoms with van der Waals surface area (Å²) in [6.07, 6.45) is 0.254. The number of likely N-dealkylation sites (tertiary alicyclic amines) is 1. The third-order valence-corrected chi connectivity index (χ3v) is 2.47. The number of nitrogens with zero attached hydrogens (tertiary/aromatic N) is 1. The van der Waals surface area contributed by atoms with E-state index in [0.717, 1.165) is 0 Å². The van der Waals surface area contributed by atoms with Crippen LogP contribution in [-0.2, 0) is 9.53 Å². The fourth-order valence-corrected chi connectivity index (χ4v) is 1.62. The highest BCUT2D eigenvalue weighted by atomic mass is 35.5. The van der Waals surface area contributed by atoms with E-state index in [4.69, 9.17) is 16.3 Å². The van der Waals surface area contributed by atoms with Crippen molar-refractivity contribution in [1.82, 2.24) is 4.90 Å². The van der Waals surface area contributed by atoms with Gasteiger partial charge in [0.25, 0.3) is 0 Å². The lowest BCUT2D eigenvalue weighted by Crippen LogP contribution is -2.35. The van der Waals surface area contributed by atoms with Crippen LogP contribution in [0.1, 0.15) is 27.2 Å². The number of hydrogen-bond acceptors (Lipinski definition) is 3. The number of carbonyl (C=O) groups is 2. The highest BCUT2D eigenvalue weighted by molar-refractivity contribution is 6.64. The lowest BCUT2D eigenvalue weighted by atomic mass is 10.1. The fourth-order valence-electron chi connectivity index (χ4n) is 1.44. The van der Waals surface area contributed by atoms with Gasteiger partial charge in [-0.3, -0.25) is 4.79 Å². The highest BCUT2D eigenvalue weighted by Crippen LogP contribution is 2.21. The minimum absolute atomic E-state index is 0.237. The molecule has 0 unspecified atom stereocenters. The Hall–Kier alpha value is -0.770. The van der Waals surface area contributed by atoms with Crippen molar-refractivity contribution in [3.63, 3.8) is 0 Å². The van der Waals surface area contributed by atoms with E-state index in [1.165, 1.54) is 4.90 Å². The molecular weight excluding hydrogens is 218 g/mol. The molecule has 1 saturated heterocycles. The zero-order valence-electron chi connectivity index (χ0n) is 9.25. The molecule has 0 spiro atoms. The Kier molecular flexibility index (Phi) is 3.60. The van der Waals surface area contributed by atoms with Crippen LogP contribution >= 0.6 is 11.6 Å². The molecule has 0 aromatic heterocycles. The van der Waals surface area contributed by atoms with Gasteiger partial charge in [0, 0.05) is 13.1 Å². The van der Waals surface area contributed by atoms with E-state index < -0.39 is 5.60 Å². The molecule has 0 N–H and O–H groups in total. The summed E-state index contributed by atoms with van der Waals surface area (Å²) in [5, 5.41) is -0.374. The molecule has 0 radical (unpaired) electrons. The fraction of sp³-hybridized carbons (Fsp3) is 0.800. The second kappa shape index (κ2) is 4.39. The van der Waals surface area contributed by atoms with Crippen molar-refractivity contribution in [2.45, 2.75) is 32.8 Å². The predicted octanol–water partition coefficient (Wildman–Crippen LogP) is 2.01. The van der Waals surface area contributed by atoms with Gasteiger partial charge < -0.3 is 9.64 Å². The molecule has 1 aliphatic heterocycles. The van der Waals surface area contributed by atoms with E-state index in [1.807, 2.05) is 20.8 Å². The number of amides is 1. The molecule has 4 nitrogen and oxygen atoms in total. The van der Waals surface area contributed by atoms with Crippen molar-refractivity contribution >= 4 is 22.9 Å². The van der Waals surface area contributed by atoms with E-state index in [9.17, 15) is 9.59 Å². The normalized spacial score (nSPS) is 21.6. The predicted molar refractivity (Wildman–Crippen MR) is 56.8 cm³/mol. The second-order valence-corrected chi connectivity index (χ2v) is 5.09. The van der Waals surface area contributed by atoms with Crippen molar-refractivity contribution in [1.29, 1.82) is 0 Å². The minimum atomic E-state index is -0.500. The van der Waals surface area contributed by atoms with Crippen LogP contribution < -0.4 is 0 Å². The van der Waals surface area contributed by atoms with Gasteiger partial charge in [0.05, 0.1) is 5.92 Å². The minimum Gasteiger partial charge on any atom is -0.444 e. The first-order valence-corrected chi connectivity index (χ1v) is 5.34. The Bertz CT molecular complexity index is 272. The van der Waals surface area contributed by atoms with E-state index in [-0.39, 0.29) is 17.3 Å². The lowest BCUT2D eigenvalue weighted by Gasteiger charge is -2.24. The largest absolute Gasteiger partial charge is 0.444 e. The van der Waals surface area contributed by atoms with E-state index >= 15 is 0 Å². The summed E-state index contributed by atoms with van der Waals surface area (Å²) in [5.74, 6) is -0.237. The topological polar surface area (TPSA) is 46.6 Å². The maximum atomic E-state index is 11.6. The first kappa shape index (κ1) is 12.3. The Morgan fingerprint density at radius 3 is 2.40 bits per heavy atom. The van der Waals surface area contributed by atoms with E-state index in [2.05, 4.69) is 0 Å². The first-order valence-electron chi connectivity index (χ1n) is 4.97. The van der Waals surface area contributed by atoms with Crippen molar-refractivity contribution in [2.24, 2.45) is 5.92 Å². The smallest absolute Gasteiger partial charge is 0.410 e.